The molecule has 0 spiro atoms. The van der Waals surface area contributed by atoms with Crippen molar-refractivity contribution in [1.82, 2.24) is 10.6 Å². The molecule has 4 nitrogen and oxygen atoms in total. The maximum Gasteiger partial charge on any atom is 0.217 e. The van der Waals surface area contributed by atoms with Gasteiger partial charge in [0, 0.05) is 25.1 Å². The van der Waals surface area contributed by atoms with Crippen LogP contribution in [0.2, 0.25) is 0 Å². The Labute approximate surface area is 219 Å². The van der Waals surface area contributed by atoms with E-state index >= 15 is 0 Å². The van der Waals surface area contributed by atoms with Crippen LogP contribution in [0.1, 0.15) is 81.4 Å². The van der Waals surface area contributed by atoms with Gasteiger partial charge in [-0.15, -0.1) is 0 Å². The van der Waals surface area contributed by atoms with Crippen molar-refractivity contribution in [1.29, 1.82) is 0 Å². The van der Waals surface area contributed by atoms with E-state index in [1.165, 1.54) is 42.2 Å². The molecule has 0 radical (unpaired) electrons. The SMILES string of the molecule is C=C1CC(C(C)c2cccc(C3(NCC(O)C(Cc4cc(F)cc(F)c4)NC(C)=O)CCCCC3)c2)C1. The molecule has 4 rings (SSSR count). The van der Waals surface area contributed by atoms with E-state index in [-0.39, 0.29) is 24.4 Å². The highest BCUT2D eigenvalue weighted by atomic mass is 19.1. The number of rotatable bonds is 10. The third-order valence-electron chi connectivity index (χ3n) is 8.36. The van der Waals surface area contributed by atoms with Crippen LogP contribution in [0.15, 0.2) is 54.6 Å². The van der Waals surface area contributed by atoms with E-state index in [0.717, 1.165) is 44.6 Å². The molecular formula is C31H40F2N2O2. The smallest absolute Gasteiger partial charge is 0.217 e. The molecule has 0 aliphatic heterocycles. The minimum absolute atomic E-state index is 0.129. The van der Waals surface area contributed by atoms with Gasteiger partial charge in [0.25, 0.3) is 0 Å². The normalized spacial score (nSPS) is 20.1. The molecule has 3 unspecified atom stereocenters. The Morgan fingerprint density at radius 2 is 1.78 bits per heavy atom. The lowest BCUT2D eigenvalue weighted by molar-refractivity contribution is -0.120. The van der Waals surface area contributed by atoms with Crippen molar-refractivity contribution in [3.8, 4) is 0 Å². The molecule has 2 fully saturated rings. The van der Waals surface area contributed by atoms with Crippen molar-refractivity contribution >= 4 is 5.91 Å². The third kappa shape index (κ3) is 6.85. The van der Waals surface area contributed by atoms with Crippen molar-refractivity contribution in [3.63, 3.8) is 0 Å². The highest BCUT2D eigenvalue weighted by molar-refractivity contribution is 5.73. The molecule has 37 heavy (non-hydrogen) atoms. The number of allylic oxidation sites excluding steroid dienone is 1. The Morgan fingerprint density at radius 1 is 1.11 bits per heavy atom. The molecule has 0 saturated heterocycles. The molecule has 2 aromatic rings. The lowest BCUT2D eigenvalue weighted by Gasteiger charge is -2.41. The summed E-state index contributed by atoms with van der Waals surface area (Å²) in [6, 6.07) is 11.5. The summed E-state index contributed by atoms with van der Waals surface area (Å²) >= 11 is 0. The van der Waals surface area contributed by atoms with Crippen molar-refractivity contribution < 1.29 is 18.7 Å². The zero-order valence-corrected chi connectivity index (χ0v) is 22.0. The zero-order valence-electron chi connectivity index (χ0n) is 22.0. The van der Waals surface area contributed by atoms with Gasteiger partial charge in [-0.2, -0.15) is 0 Å². The summed E-state index contributed by atoms with van der Waals surface area (Å²) < 4.78 is 27.5. The number of halogens is 2. The fraction of sp³-hybridized carbons (Fsp3) is 0.516. The second-order valence-corrected chi connectivity index (χ2v) is 11.2. The Bertz CT molecular complexity index is 1080. The highest BCUT2D eigenvalue weighted by Gasteiger charge is 2.36. The lowest BCUT2D eigenvalue weighted by Crippen LogP contribution is -2.53. The van der Waals surface area contributed by atoms with Gasteiger partial charge in [0.1, 0.15) is 11.6 Å². The highest BCUT2D eigenvalue weighted by Crippen LogP contribution is 2.43. The number of carbonyl (C=O) groups is 1. The van der Waals surface area contributed by atoms with E-state index in [9.17, 15) is 18.7 Å². The number of benzene rings is 2. The first kappa shape index (κ1) is 27.5. The van der Waals surface area contributed by atoms with Crippen molar-refractivity contribution in [2.45, 2.75) is 88.8 Å². The van der Waals surface area contributed by atoms with Gasteiger partial charge < -0.3 is 15.7 Å². The molecule has 0 bridgehead atoms. The van der Waals surface area contributed by atoms with Crippen LogP contribution in [-0.2, 0) is 16.8 Å². The molecule has 2 saturated carbocycles. The largest absolute Gasteiger partial charge is 0.390 e. The van der Waals surface area contributed by atoms with E-state index in [4.69, 9.17) is 0 Å². The quantitative estimate of drug-likeness (QED) is 0.349. The Balaban J connectivity index is 1.51. The predicted octanol–water partition coefficient (Wildman–Crippen LogP) is 5.89. The van der Waals surface area contributed by atoms with E-state index < -0.39 is 23.8 Å². The average molecular weight is 511 g/mol. The van der Waals surface area contributed by atoms with Crippen LogP contribution in [-0.4, -0.2) is 29.7 Å². The molecule has 0 aromatic heterocycles. The molecule has 1 amide bonds. The first-order chi connectivity index (χ1) is 17.6. The molecule has 3 atom stereocenters. The molecule has 2 aliphatic rings. The summed E-state index contributed by atoms with van der Waals surface area (Å²) in [7, 11) is 0. The predicted molar refractivity (Wildman–Crippen MR) is 143 cm³/mol. The summed E-state index contributed by atoms with van der Waals surface area (Å²) in [5.41, 5.74) is 4.05. The molecule has 6 heteroatoms. The molecule has 2 aliphatic carbocycles. The first-order valence-corrected chi connectivity index (χ1v) is 13.6. The number of hydrogen-bond acceptors (Lipinski definition) is 3. The van der Waals surface area contributed by atoms with Crippen molar-refractivity contribution in [2.24, 2.45) is 5.92 Å². The molecule has 200 valence electrons. The molecule has 3 N–H and O–H groups in total. The monoisotopic (exact) mass is 510 g/mol. The van der Waals surface area contributed by atoms with Gasteiger partial charge in [-0.3, -0.25) is 4.79 Å². The fourth-order valence-electron chi connectivity index (χ4n) is 6.12. The standard InChI is InChI=1S/C31H40F2N2O2/c1-20-12-25(13-20)21(2)24-8-7-9-26(17-24)31(10-5-4-6-11-31)34-19-30(37)29(35-22(3)36)16-23-14-27(32)18-28(33)15-23/h7-9,14-15,17-18,21,25,29-30,34,37H,1,4-6,10-13,16,19H2,2-3H3,(H,35,36). The van der Waals surface area contributed by atoms with Crippen LogP contribution in [0.4, 0.5) is 8.78 Å². The Kier molecular flexibility index (Phi) is 8.81. The number of aliphatic hydroxyl groups excluding tert-OH is 1. The van der Waals surface area contributed by atoms with Crippen LogP contribution in [0.5, 0.6) is 0 Å². The van der Waals surface area contributed by atoms with Crippen LogP contribution in [0.25, 0.3) is 0 Å². The summed E-state index contributed by atoms with van der Waals surface area (Å²) in [6.45, 7) is 8.04. The van der Waals surface area contributed by atoms with Crippen molar-refractivity contribution in [3.05, 3.63) is 82.9 Å². The molecule has 0 heterocycles. The topological polar surface area (TPSA) is 61.4 Å². The van der Waals surface area contributed by atoms with Crippen LogP contribution in [0, 0.1) is 17.6 Å². The van der Waals surface area contributed by atoms with Crippen LogP contribution in [0.3, 0.4) is 0 Å². The van der Waals surface area contributed by atoms with E-state index in [1.807, 2.05) is 0 Å². The van der Waals surface area contributed by atoms with Crippen molar-refractivity contribution in [2.75, 3.05) is 6.54 Å². The van der Waals surface area contributed by atoms with Crippen LogP contribution >= 0.6 is 0 Å². The Hall–Kier alpha value is -2.57. The molecular weight excluding hydrogens is 470 g/mol. The molecule has 2 aromatic carbocycles. The maximum atomic E-state index is 13.7. The third-order valence-corrected chi connectivity index (χ3v) is 8.36. The number of nitrogens with one attached hydrogen (secondary N) is 2. The fourth-order valence-corrected chi connectivity index (χ4v) is 6.12. The van der Waals surface area contributed by atoms with E-state index in [0.29, 0.717) is 17.4 Å². The van der Waals surface area contributed by atoms with Gasteiger partial charge in [0.05, 0.1) is 12.1 Å². The van der Waals surface area contributed by atoms with Gasteiger partial charge in [-0.25, -0.2) is 8.78 Å². The second kappa shape index (κ2) is 11.9. The van der Waals surface area contributed by atoms with Gasteiger partial charge in [-0.05, 0) is 72.8 Å². The Morgan fingerprint density at radius 3 is 2.41 bits per heavy atom. The number of carbonyl (C=O) groups excluding carboxylic acids is 1. The summed E-state index contributed by atoms with van der Waals surface area (Å²) in [5, 5.41) is 17.6. The van der Waals surface area contributed by atoms with Gasteiger partial charge >= 0.3 is 0 Å². The maximum absolute atomic E-state index is 13.7. The summed E-state index contributed by atoms with van der Waals surface area (Å²) in [6.07, 6.45) is 6.72. The minimum Gasteiger partial charge on any atom is -0.390 e. The van der Waals surface area contributed by atoms with Crippen LogP contribution < -0.4 is 10.6 Å². The second-order valence-electron chi connectivity index (χ2n) is 11.2. The number of hydrogen-bond donors (Lipinski definition) is 3. The number of aliphatic hydroxyl groups is 1. The van der Waals surface area contributed by atoms with E-state index in [2.05, 4.69) is 48.4 Å². The van der Waals surface area contributed by atoms with Gasteiger partial charge in [0.15, 0.2) is 0 Å². The summed E-state index contributed by atoms with van der Waals surface area (Å²) in [5.74, 6) is -0.539. The van der Waals surface area contributed by atoms with Gasteiger partial charge in [0.2, 0.25) is 5.91 Å². The van der Waals surface area contributed by atoms with Gasteiger partial charge in [-0.1, -0.05) is 62.6 Å². The van der Waals surface area contributed by atoms with E-state index in [1.54, 1.807) is 0 Å². The average Bonchev–Trinajstić information content (AvgIpc) is 2.84. The summed E-state index contributed by atoms with van der Waals surface area (Å²) in [4.78, 5) is 11.9. The zero-order chi connectivity index (χ0) is 26.6. The minimum atomic E-state index is -0.933. The lowest BCUT2D eigenvalue weighted by atomic mass is 9.70. The number of amides is 1. The first-order valence-electron chi connectivity index (χ1n) is 13.6.